The number of hydrogen-bond donors (Lipinski definition) is 0. The molecule has 9 heteroatoms. The number of nitriles is 1. The van der Waals surface area contributed by atoms with Gasteiger partial charge in [0.05, 0.1) is 5.56 Å². The van der Waals surface area contributed by atoms with Crippen LogP contribution in [0.5, 0.6) is 0 Å². The van der Waals surface area contributed by atoms with Gasteiger partial charge in [-0.25, -0.2) is 12.7 Å². The van der Waals surface area contributed by atoms with Gasteiger partial charge in [0.25, 0.3) is 10.0 Å². The summed E-state index contributed by atoms with van der Waals surface area (Å²) in [6, 6.07) is 4.12. The second-order valence-corrected chi connectivity index (χ2v) is 6.54. The Balaban J connectivity index is 3.60. The maximum absolute atomic E-state index is 12.6. The van der Waals surface area contributed by atoms with Crippen molar-refractivity contribution in [2.75, 3.05) is 0 Å². The van der Waals surface area contributed by atoms with Gasteiger partial charge in [0.2, 0.25) is 0 Å². The van der Waals surface area contributed by atoms with E-state index in [0.29, 0.717) is 0 Å². The molecule has 0 fully saturated rings. The Hall–Kier alpha value is -2.08. The SMILES string of the molecule is Cc1cccc(S(=O)(=O)N(C(=O)C(F)(F)F)C(C)C)c1C#N. The number of rotatable bonds is 3. The molecule has 0 atom stereocenters. The molecule has 0 aliphatic heterocycles. The van der Waals surface area contributed by atoms with E-state index >= 15 is 0 Å². The molecule has 0 heterocycles. The van der Waals surface area contributed by atoms with Crippen molar-refractivity contribution < 1.29 is 26.4 Å². The van der Waals surface area contributed by atoms with Gasteiger partial charge in [-0.2, -0.15) is 18.4 Å². The number of aryl methyl sites for hydroxylation is 1. The van der Waals surface area contributed by atoms with Gasteiger partial charge in [0.15, 0.2) is 0 Å². The minimum absolute atomic E-state index is 0.247. The summed E-state index contributed by atoms with van der Waals surface area (Å²) >= 11 is 0. The fraction of sp³-hybridized carbons (Fsp3) is 0.385. The molecule has 0 saturated heterocycles. The van der Waals surface area contributed by atoms with Gasteiger partial charge in [-0.05, 0) is 32.4 Å². The highest BCUT2D eigenvalue weighted by Gasteiger charge is 2.48. The summed E-state index contributed by atoms with van der Waals surface area (Å²) in [5.41, 5.74) is -0.00476. The molecule has 1 aromatic carbocycles. The van der Waals surface area contributed by atoms with Gasteiger partial charge in [-0.15, -0.1) is 0 Å². The van der Waals surface area contributed by atoms with Crippen LogP contribution in [0.1, 0.15) is 25.0 Å². The number of benzene rings is 1. The van der Waals surface area contributed by atoms with Crippen LogP contribution in [-0.4, -0.2) is 30.8 Å². The second kappa shape index (κ2) is 5.96. The first-order valence-corrected chi connectivity index (χ1v) is 7.54. The van der Waals surface area contributed by atoms with Crippen molar-refractivity contribution in [2.45, 2.75) is 37.9 Å². The molecule has 0 spiro atoms. The summed E-state index contributed by atoms with van der Waals surface area (Å²) in [7, 11) is -4.81. The van der Waals surface area contributed by atoms with Crippen LogP contribution in [0.2, 0.25) is 0 Å². The third kappa shape index (κ3) is 3.22. The molecule has 0 bridgehead atoms. The van der Waals surface area contributed by atoms with Crippen LogP contribution < -0.4 is 0 Å². The number of hydrogen-bond acceptors (Lipinski definition) is 4. The summed E-state index contributed by atoms with van der Waals surface area (Å²) in [6.45, 7) is 3.73. The Labute approximate surface area is 126 Å². The van der Waals surface area contributed by atoms with Gasteiger partial charge in [-0.1, -0.05) is 12.1 Å². The Bertz CT molecular complexity index is 734. The van der Waals surface area contributed by atoms with Gasteiger partial charge in [0, 0.05) is 6.04 Å². The summed E-state index contributed by atoms with van der Waals surface area (Å²) in [6.07, 6.45) is -5.34. The van der Waals surface area contributed by atoms with E-state index in [1.54, 1.807) is 6.07 Å². The monoisotopic (exact) mass is 334 g/mol. The van der Waals surface area contributed by atoms with Crippen LogP contribution in [0.3, 0.4) is 0 Å². The summed E-state index contributed by atoms with van der Waals surface area (Å²) in [5.74, 6) is -2.49. The molecule has 0 radical (unpaired) electrons. The zero-order valence-electron chi connectivity index (χ0n) is 12.0. The maximum atomic E-state index is 12.6. The van der Waals surface area contributed by atoms with E-state index in [0.717, 1.165) is 19.9 Å². The van der Waals surface area contributed by atoms with Crippen LogP contribution in [0.25, 0.3) is 0 Å². The molecule has 0 N–H and O–H groups in total. The molecule has 0 saturated carbocycles. The molecule has 1 aromatic rings. The van der Waals surface area contributed by atoms with Gasteiger partial charge >= 0.3 is 12.1 Å². The molecule has 0 aromatic heterocycles. The lowest BCUT2D eigenvalue weighted by Crippen LogP contribution is -2.48. The van der Waals surface area contributed by atoms with E-state index in [1.165, 1.54) is 19.1 Å². The van der Waals surface area contributed by atoms with E-state index in [1.807, 2.05) is 0 Å². The smallest absolute Gasteiger partial charge is 0.263 e. The van der Waals surface area contributed by atoms with E-state index in [9.17, 15) is 26.4 Å². The van der Waals surface area contributed by atoms with Crippen molar-refractivity contribution in [3.8, 4) is 6.07 Å². The Morgan fingerprint density at radius 2 is 1.86 bits per heavy atom. The van der Waals surface area contributed by atoms with Gasteiger partial charge in [-0.3, -0.25) is 4.79 Å². The molecule has 22 heavy (non-hydrogen) atoms. The van der Waals surface area contributed by atoms with Crippen molar-refractivity contribution in [3.05, 3.63) is 29.3 Å². The van der Waals surface area contributed by atoms with Crippen LogP contribution in [0.4, 0.5) is 13.2 Å². The molecular formula is C13H13F3N2O3S. The zero-order valence-corrected chi connectivity index (χ0v) is 12.8. The first kappa shape index (κ1) is 18.0. The second-order valence-electron chi connectivity index (χ2n) is 4.76. The number of carbonyl (C=O) groups is 1. The van der Waals surface area contributed by atoms with E-state index in [-0.39, 0.29) is 15.4 Å². The Morgan fingerprint density at radius 3 is 2.27 bits per heavy atom. The van der Waals surface area contributed by atoms with Crippen molar-refractivity contribution >= 4 is 15.9 Å². The highest BCUT2D eigenvalue weighted by molar-refractivity contribution is 7.89. The Morgan fingerprint density at radius 1 is 1.32 bits per heavy atom. The van der Waals surface area contributed by atoms with Crippen LogP contribution in [0, 0.1) is 18.3 Å². The van der Waals surface area contributed by atoms with Crippen LogP contribution in [0.15, 0.2) is 23.1 Å². The number of amides is 1. The number of sulfonamides is 1. The first-order chi connectivity index (χ1) is 9.94. The fourth-order valence-electron chi connectivity index (χ4n) is 1.85. The first-order valence-electron chi connectivity index (χ1n) is 6.10. The molecular weight excluding hydrogens is 321 g/mol. The summed E-state index contributed by atoms with van der Waals surface area (Å²) in [5, 5.41) is 9.04. The predicted molar refractivity (Wildman–Crippen MR) is 71.1 cm³/mol. The molecule has 120 valence electrons. The van der Waals surface area contributed by atoms with E-state index < -0.39 is 33.0 Å². The minimum atomic E-state index is -5.34. The lowest BCUT2D eigenvalue weighted by Gasteiger charge is -2.27. The van der Waals surface area contributed by atoms with Crippen molar-refractivity contribution in [3.63, 3.8) is 0 Å². The maximum Gasteiger partial charge on any atom is 0.472 e. The number of halogens is 3. The molecule has 0 aliphatic rings. The predicted octanol–water partition coefficient (Wildman–Crippen LogP) is 2.35. The van der Waals surface area contributed by atoms with Crippen molar-refractivity contribution in [2.24, 2.45) is 0 Å². The fourth-order valence-corrected chi connectivity index (χ4v) is 3.66. The molecule has 0 unspecified atom stereocenters. The Kier molecular flexibility index (Phi) is 4.87. The standard InChI is InChI=1S/C13H13F3N2O3S/c1-8(2)18(12(19)13(14,15)16)22(20,21)11-6-4-5-9(3)10(11)7-17/h4-6,8H,1-3H3. The highest BCUT2D eigenvalue weighted by atomic mass is 32.2. The number of nitrogens with zero attached hydrogens (tertiary/aromatic N) is 2. The lowest BCUT2D eigenvalue weighted by molar-refractivity contribution is -0.181. The van der Waals surface area contributed by atoms with Crippen molar-refractivity contribution in [1.29, 1.82) is 5.26 Å². The normalized spacial score (nSPS) is 12.1. The third-order valence-corrected chi connectivity index (χ3v) is 4.80. The molecule has 5 nitrogen and oxygen atoms in total. The summed E-state index contributed by atoms with van der Waals surface area (Å²) < 4.78 is 62.6. The molecule has 1 amide bonds. The topological polar surface area (TPSA) is 78.2 Å². The van der Waals surface area contributed by atoms with Crippen LogP contribution in [-0.2, 0) is 14.8 Å². The zero-order chi connectivity index (χ0) is 17.3. The average molecular weight is 334 g/mol. The van der Waals surface area contributed by atoms with E-state index in [2.05, 4.69) is 0 Å². The largest absolute Gasteiger partial charge is 0.472 e. The highest BCUT2D eigenvalue weighted by Crippen LogP contribution is 2.28. The molecule has 1 rings (SSSR count). The number of alkyl halides is 3. The van der Waals surface area contributed by atoms with Gasteiger partial charge in [0.1, 0.15) is 11.0 Å². The molecule has 0 aliphatic carbocycles. The lowest BCUT2D eigenvalue weighted by atomic mass is 10.1. The third-order valence-electron chi connectivity index (χ3n) is 2.79. The summed E-state index contributed by atoms with van der Waals surface area (Å²) in [4.78, 5) is 10.8. The average Bonchev–Trinajstić information content (AvgIpc) is 2.36. The quantitative estimate of drug-likeness (QED) is 0.850. The van der Waals surface area contributed by atoms with Crippen molar-refractivity contribution in [1.82, 2.24) is 4.31 Å². The minimum Gasteiger partial charge on any atom is -0.263 e. The van der Waals surface area contributed by atoms with Gasteiger partial charge < -0.3 is 0 Å². The number of carbonyl (C=O) groups excluding carboxylic acids is 1. The van der Waals surface area contributed by atoms with Crippen LogP contribution >= 0.6 is 0 Å². The van der Waals surface area contributed by atoms with E-state index in [4.69, 9.17) is 5.26 Å².